The Morgan fingerprint density at radius 3 is 2.54 bits per heavy atom. The van der Waals surface area contributed by atoms with E-state index < -0.39 is 0 Å². The third-order valence-corrected chi connectivity index (χ3v) is 4.01. The zero-order chi connectivity index (χ0) is 17.5. The summed E-state index contributed by atoms with van der Waals surface area (Å²) in [5.41, 5.74) is 3.72. The maximum Gasteiger partial charge on any atom is 0.243 e. The number of thiocarbonyl (C=S) groups is 1. The molecule has 2 rings (SSSR count). The van der Waals surface area contributed by atoms with E-state index >= 15 is 0 Å². The Bertz CT molecular complexity index is 711. The van der Waals surface area contributed by atoms with Gasteiger partial charge in [0, 0.05) is 13.6 Å². The molecule has 3 N–H and O–H groups in total. The van der Waals surface area contributed by atoms with Crippen LogP contribution in [0.4, 0.5) is 5.69 Å². The number of aryl methyl sites for hydroxylation is 2. The number of carbonyl (C=O) groups excluding carboxylic acids is 1. The summed E-state index contributed by atoms with van der Waals surface area (Å²) in [4.78, 5) is 12.0. The van der Waals surface area contributed by atoms with E-state index in [2.05, 4.69) is 33.2 Å². The fourth-order valence-corrected chi connectivity index (χ4v) is 2.50. The van der Waals surface area contributed by atoms with Gasteiger partial charge in [-0.15, -0.1) is 0 Å². The van der Waals surface area contributed by atoms with Crippen molar-refractivity contribution in [1.82, 2.24) is 20.4 Å². The van der Waals surface area contributed by atoms with Crippen LogP contribution in [0.5, 0.6) is 0 Å². The van der Waals surface area contributed by atoms with Crippen LogP contribution >= 0.6 is 12.2 Å². The highest BCUT2D eigenvalue weighted by Gasteiger charge is 2.12. The van der Waals surface area contributed by atoms with Crippen LogP contribution in [0.1, 0.15) is 17.0 Å². The van der Waals surface area contributed by atoms with Crippen molar-refractivity contribution in [1.29, 1.82) is 0 Å². The fourth-order valence-electron chi connectivity index (χ4n) is 2.33. The number of anilines is 1. The molecule has 0 aliphatic heterocycles. The molecule has 1 heterocycles. The van der Waals surface area contributed by atoms with Gasteiger partial charge in [0.25, 0.3) is 0 Å². The molecule has 0 spiro atoms. The Labute approximate surface area is 147 Å². The minimum atomic E-state index is -0.151. The molecule has 2 aromatic rings. The van der Waals surface area contributed by atoms with Crippen LogP contribution in [0, 0.1) is 13.8 Å². The second kappa shape index (κ2) is 8.44. The predicted octanol–water partition coefficient (Wildman–Crippen LogP) is 1.68. The summed E-state index contributed by atoms with van der Waals surface area (Å²) in [7, 11) is 1.85. The van der Waals surface area contributed by atoms with E-state index in [1.807, 2.05) is 39.1 Å². The molecule has 0 atom stereocenters. The fraction of sp³-hybridized carbons (Fsp3) is 0.353. The number of hydrogen-bond acceptors (Lipinski definition) is 3. The third-order valence-electron chi connectivity index (χ3n) is 3.72. The average molecular weight is 345 g/mol. The molecule has 0 unspecified atom stereocenters. The normalized spacial score (nSPS) is 10.3. The van der Waals surface area contributed by atoms with E-state index in [1.54, 1.807) is 4.68 Å². The van der Waals surface area contributed by atoms with Gasteiger partial charge in [-0.25, -0.2) is 0 Å². The molecule has 0 radical (unpaired) electrons. The van der Waals surface area contributed by atoms with Crippen molar-refractivity contribution in [2.45, 2.75) is 20.3 Å². The Hall–Kier alpha value is -2.41. The SMILES string of the molecule is Cc1nn(C)c(C)c1NC(=O)CNC(=S)NCCc1ccccc1. The zero-order valence-electron chi connectivity index (χ0n) is 14.2. The smallest absolute Gasteiger partial charge is 0.243 e. The van der Waals surface area contributed by atoms with Gasteiger partial charge < -0.3 is 16.0 Å². The van der Waals surface area contributed by atoms with Gasteiger partial charge in [0.2, 0.25) is 5.91 Å². The van der Waals surface area contributed by atoms with Crippen molar-refractivity contribution in [3.05, 3.63) is 47.3 Å². The van der Waals surface area contributed by atoms with Crippen LogP contribution in [-0.4, -0.2) is 33.9 Å². The average Bonchev–Trinajstić information content (AvgIpc) is 2.80. The highest BCUT2D eigenvalue weighted by molar-refractivity contribution is 7.80. The molecule has 6 nitrogen and oxygen atoms in total. The molecule has 0 bridgehead atoms. The van der Waals surface area contributed by atoms with Gasteiger partial charge in [-0.3, -0.25) is 9.48 Å². The quantitative estimate of drug-likeness (QED) is 0.695. The summed E-state index contributed by atoms with van der Waals surface area (Å²) in [6.07, 6.45) is 0.878. The number of rotatable bonds is 6. The van der Waals surface area contributed by atoms with Gasteiger partial charge in [0.05, 0.1) is 23.6 Å². The minimum absolute atomic E-state index is 0.116. The molecule has 0 fully saturated rings. The van der Waals surface area contributed by atoms with Gasteiger partial charge in [-0.1, -0.05) is 30.3 Å². The molecule has 24 heavy (non-hydrogen) atoms. The molecule has 0 saturated carbocycles. The van der Waals surface area contributed by atoms with Crippen molar-refractivity contribution < 1.29 is 4.79 Å². The first-order valence-corrected chi connectivity index (χ1v) is 8.24. The van der Waals surface area contributed by atoms with Crippen LogP contribution in [-0.2, 0) is 18.3 Å². The van der Waals surface area contributed by atoms with Gasteiger partial charge in [0.15, 0.2) is 5.11 Å². The van der Waals surface area contributed by atoms with Gasteiger partial charge in [-0.05, 0) is 38.0 Å². The van der Waals surface area contributed by atoms with Crippen LogP contribution in [0.25, 0.3) is 0 Å². The number of amides is 1. The summed E-state index contributed by atoms with van der Waals surface area (Å²) >= 11 is 5.19. The first-order chi connectivity index (χ1) is 11.5. The maximum absolute atomic E-state index is 12.0. The Balaban J connectivity index is 1.70. The van der Waals surface area contributed by atoms with Crippen LogP contribution < -0.4 is 16.0 Å². The molecule has 0 saturated heterocycles. The van der Waals surface area contributed by atoms with E-state index in [0.29, 0.717) is 5.11 Å². The van der Waals surface area contributed by atoms with E-state index in [-0.39, 0.29) is 12.5 Å². The minimum Gasteiger partial charge on any atom is -0.362 e. The predicted molar refractivity (Wildman–Crippen MR) is 100 cm³/mol. The summed E-state index contributed by atoms with van der Waals surface area (Å²) in [5.74, 6) is -0.151. The molecule has 128 valence electrons. The summed E-state index contributed by atoms with van der Waals surface area (Å²) in [6, 6.07) is 10.2. The number of nitrogens with zero attached hydrogens (tertiary/aromatic N) is 2. The Morgan fingerprint density at radius 2 is 1.92 bits per heavy atom. The van der Waals surface area contributed by atoms with Gasteiger partial charge >= 0.3 is 0 Å². The highest BCUT2D eigenvalue weighted by atomic mass is 32.1. The number of hydrogen-bond donors (Lipinski definition) is 3. The molecule has 1 aromatic heterocycles. The second-order valence-electron chi connectivity index (χ2n) is 5.56. The van der Waals surface area contributed by atoms with Gasteiger partial charge in [-0.2, -0.15) is 5.10 Å². The molecular formula is C17H23N5OS. The van der Waals surface area contributed by atoms with Crippen molar-refractivity contribution in [2.75, 3.05) is 18.4 Å². The van der Waals surface area contributed by atoms with Crippen molar-refractivity contribution in [3.63, 3.8) is 0 Å². The van der Waals surface area contributed by atoms with Crippen molar-refractivity contribution in [2.24, 2.45) is 7.05 Å². The first-order valence-electron chi connectivity index (χ1n) is 7.83. The standard InChI is InChI=1S/C17H23N5OS/c1-12-16(13(2)22(3)21-12)20-15(23)11-19-17(24)18-10-9-14-7-5-4-6-8-14/h4-8H,9-11H2,1-3H3,(H,20,23)(H2,18,19,24). The number of nitrogens with one attached hydrogen (secondary N) is 3. The first kappa shape index (κ1) is 17.9. The third kappa shape index (κ3) is 5.06. The van der Waals surface area contributed by atoms with Crippen molar-refractivity contribution in [3.8, 4) is 0 Å². The largest absolute Gasteiger partial charge is 0.362 e. The second-order valence-corrected chi connectivity index (χ2v) is 5.97. The summed E-state index contributed by atoms with van der Waals surface area (Å²) < 4.78 is 1.74. The van der Waals surface area contributed by atoms with Crippen LogP contribution in [0.3, 0.4) is 0 Å². The molecule has 7 heteroatoms. The lowest BCUT2D eigenvalue weighted by Gasteiger charge is -2.11. The van der Waals surface area contributed by atoms with Gasteiger partial charge in [0.1, 0.15) is 0 Å². The van der Waals surface area contributed by atoms with Crippen LogP contribution in [0.15, 0.2) is 30.3 Å². The number of benzene rings is 1. The zero-order valence-corrected chi connectivity index (χ0v) is 15.0. The molecule has 1 aromatic carbocycles. The monoisotopic (exact) mass is 345 g/mol. The molecule has 0 aliphatic carbocycles. The Morgan fingerprint density at radius 1 is 1.21 bits per heavy atom. The molecule has 0 aliphatic rings. The van der Waals surface area contributed by atoms with Crippen LogP contribution in [0.2, 0.25) is 0 Å². The van der Waals surface area contributed by atoms with E-state index in [4.69, 9.17) is 12.2 Å². The Kier molecular flexibility index (Phi) is 6.31. The lowest BCUT2D eigenvalue weighted by Crippen LogP contribution is -2.40. The van der Waals surface area contributed by atoms with E-state index in [1.165, 1.54) is 5.56 Å². The molecular weight excluding hydrogens is 322 g/mol. The lowest BCUT2D eigenvalue weighted by molar-refractivity contribution is -0.115. The molecule has 1 amide bonds. The van der Waals surface area contributed by atoms with E-state index in [0.717, 1.165) is 30.0 Å². The van der Waals surface area contributed by atoms with E-state index in [9.17, 15) is 4.79 Å². The summed E-state index contributed by atoms with van der Waals surface area (Å²) in [6.45, 7) is 4.62. The summed E-state index contributed by atoms with van der Waals surface area (Å²) in [5, 5.41) is 13.6. The van der Waals surface area contributed by atoms with Crippen molar-refractivity contribution >= 4 is 28.9 Å². The lowest BCUT2D eigenvalue weighted by atomic mass is 10.1. The number of carbonyl (C=O) groups is 1. The maximum atomic E-state index is 12.0. The number of aromatic nitrogens is 2. The highest BCUT2D eigenvalue weighted by Crippen LogP contribution is 2.17. The topological polar surface area (TPSA) is 71.0 Å².